The minimum atomic E-state index is -0.480. The molecule has 3 rings (SSSR count). The fourth-order valence-electron chi connectivity index (χ4n) is 2.29. The molecule has 0 radical (unpaired) electrons. The van der Waals surface area contributed by atoms with Crippen LogP contribution in [-0.4, -0.2) is 37.6 Å². The van der Waals surface area contributed by atoms with Crippen molar-refractivity contribution in [1.29, 1.82) is 0 Å². The van der Waals surface area contributed by atoms with E-state index in [-0.39, 0.29) is 17.3 Å². The first-order chi connectivity index (χ1) is 13.6. The largest absolute Gasteiger partial charge is 0.461 e. The van der Waals surface area contributed by atoms with Crippen LogP contribution >= 0.6 is 11.8 Å². The van der Waals surface area contributed by atoms with E-state index < -0.39 is 4.92 Å². The van der Waals surface area contributed by atoms with Gasteiger partial charge in [-0.15, -0.1) is 10.2 Å². The summed E-state index contributed by atoms with van der Waals surface area (Å²) in [5.41, 5.74) is 3.03. The van der Waals surface area contributed by atoms with Gasteiger partial charge in [-0.2, -0.15) is 5.10 Å². The standard InChI is InChI=1S/C17H16N6O4S/c1-2-22-16(14-4-3-9-27-14)20-21-17(22)28-11-15(24)19-18-10-12-5-7-13(8-6-12)23(25)26/h3-10H,2,11H2,1H3,(H,19,24)/b18-10+. The predicted molar refractivity (Wildman–Crippen MR) is 103 cm³/mol. The number of rotatable bonds is 8. The van der Waals surface area contributed by atoms with Crippen molar-refractivity contribution in [2.45, 2.75) is 18.6 Å². The van der Waals surface area contributed by atoms with Crippen molar-refractivity contribution in [2.75, 3.05) is 5.75 Å². The highest BCUT2D eigenvalue weighted by atomic mass is 32.2. The van der Waals surface area contributed by atoms with E-state index >= 15 is 0 Å². The summed E-state index contributed by atoms with van der Waals surface area (Å²) in [7, 11) is 0. The minimum Gasteiger partial charge on any atom is -0.461 e. The Balaban J connectivity index is 1.54. The first kappa shape index (κ1) is 19.3. The van der Waals surface area contributed by atoms with Crippen LogP contribution in [0.15, 0.2) is 57.3 Å². The number of amides is 1. The zero-order valence-corrected chi connectivity index (χ0v) is 15.6. The highest BCUT2D eigenvalue weighted by molar-refractivity contribution is 7.99. The van der Waals surface area contributed by atoms with Crippen LogP contribution in [0.2, 0.25) is 0 Å². The number of nitro benzene ring substituents is 1. The van der Waals surface area contributed by atoms with Crippen LogP contribution in [0.5, 0.6) is 0 Å². The highest BCUT2D eigenvalue weighted by Gasteiger charge is 2.16. The van der Waals surface area contributed by atoms with Crippen LogP contribution in [0, 0.1) is 10.1 Å². The van der Waals surface area contributed by atoms with Gasteiger partial charge >= 0.3 is 0 Å². The van der Waals surface area contributed by atoms with Crippen LogP contribution in [-0.2, 0) is 11.3 Å². The summed E-state index contributed by atoms with van der Waals surface area (Å²) in [6, 6.07) is 9.39. The molecule has 144 valence electrons. The molecule has 10 nitrogen and oxygen atoms in total. The number of benzene rings is 1. The van der Waals surface area contributed by atoms with Crippen LogP contribution in [0.3, 0.4) is 0 Å². The normalized spacial score (nSPS) is 11.0. The number of aromatic nitrogens is 3. The first-order valence-corrected chi connectivity index (χ1v) is 9.23. The van der Waals surface area contributed by atoms with Gasteiger partial charge in [-0.1, -0.05) is 11.8 Å². The molecule has 0 saturated carbocycles. The molecule has 0 fully saturated rings. The molecule has 1 N–H and O–H groups in total. The second kappa shape index (κ2) is 8.95. The lowest BCUT2D eigenvalue weighted by Crippen LogP contribution is -2.20. The van der Waals surface area contributed by atoms with Gasteiger partial charge in [-0.25, -0.2) is 5.43 Å². The Morgan fingerprint density at radius 2 is 2.14 bits per heavy atom. The Kier molecular flexibility index (Phi) is 6.17. The van der Waals surface area contributed by atoms with Gasteiger partial charge in [0.15, 0.2) is 16.7 Å². The number of thioether (sulfide) groups is 1. The molecule has 0 saturated heterocycles. The number of non-ortho nitro benzene ring substituents is 1. The van der Waals surface area contributed by atoms with Gasteiger partial charge < -0.3 is 4.42 Å². The Morgan fingerprint density at radius 1 is 1.36 bits per heavy atom. The average Bonchev–Trinajstić information content (AvgIpc) is 3.35. The zero-order chi connectivity index (χ0) is 19.9. The van der Waals surface area contributed by atoms with Gasteiger partial charge in [-0.05, 0) is 36.8 Å². The first-order valence-electron chi connectivity index (χ1n) is 8.24. The average molecular weight is 400 g/mol. The Morgan fingerprint density at radius 3 is 2.79 bits per heavy atom. The van der Waals surface area contributed by atoms with E-state index in [1.54, 1.807) is 30.5 Å². The maximum absolute atomic E-state index is 12.0. The van der Waals surface area contributed by atoms with E-state index in [1.165, 1.54) is 30.1 Å². The van der Waals surface area contributed by atoms with Crippen molar-refractivity contribution >= 4 is 29.6 Å². The number of hydrogen-bond acceptors (Lipinski definition) is 8. The fourth-order valence-corrected chi connectivity index (χ4v) is 3.09. The molecule has 0 aliphatic rings. The van der Waals surface area contributed by atoms with Gasteiger partial charge in [0.05, 0.1) is 23.2 Å². The molecular weight excluding hydrogens is 384 g/mol. The van der Waals surface area contributed by atoms with Crippen molar-refractivity contribution in [3.05, 3.63) is 58.3 Å². The number of carbonyl (C=O) groups excluding carboxylic acids is 1. The predicted octanol–water partition coefficient (Wildman–Crippen LogP) is 2.71. The van der Waals surface area contributed by atoms with Crippen LogP contribution < -0.4 is 5.43 Å². The summed E-state index contributed by atoms with van der Waals surface area (Å²) in [6.07, 6.45) is 2.98. The van der Waals surface area contributed by atoms with Crippen molar-refractivity contribution in [3.63, 3.8) is 0 Å². The van der Waals surface area contributed by atoms with Gasteiger partial charge in [-0.3, -0.25) is 19.5 Å². The smallest absolute Gasteiger partial charge is 0.269 e. The topological polar surface area (TPSA) is 128 Å². The lowest BCUT2D eigenvalue weighted by molar-refractivity contribution is -0.384. The van der Waals surface area contributed by atoms with Crippen molar-refractivity contribution in [1.82, 2.24) is 20.2 Å². The molecule has 0 bridgehead atoms. The summed E-state index contributed by atoms with van der Waals surface area (Å²) >= 11 is 1.24. The van der Waals surface area contributed by atoms with E-state index in [0.29, 0.717) is 28.8 Å². The van der Waals surface area contributed by atoms with Gasteiger partial charge in [0, 0.05) is 18.7 Å². The minimum absolute atomic E-state index is 0.00783. The maximum atomic E-state index is 12.0. The molecule has 2 aromatic heterocycles. The lowest BCUT2D eigenvalue weighted by atomic mass is 10.2. The molecule has 0 aliphatic carbocycles. The van der Waals surface area contributed by atoms with Crippen LogP contribution in [0.1, 0.15) is 12.5 Å². The molecule has 0 atom stereocenters. The van der Waals surface area contributed by atoms with E-state index in [1.807, 2.05) is 11.5 Å². The monoisotopic (exact) mass is 400 g/mol. The third kappa shape index (κ3) is 4.62. The van der Waals surface area contributed by atoms with Gasteiger partial charge in [0.1, 0.15) is 0 Å². The fraction of sp³-hybridized carbons (Fsp3) is 0.176. The molecule has 0 unspecified atom stereocenters. The molecule has 2 heterocycles. The quantitative estimate of drug-likeness (QED) is 0.266. The molecule has 1 aromatic carbocycles. The van der Waals surface area contributed by atoms with Crippen molar-refractivity contribution in [2.24, 2.45) is 5.10 Å². The number of hydrogen-bond donors (Lipinski definition) is 1. The van der Waals surface area contributed by atoms with Gasteiger partial charge in [0.25, 0.3) is 11.6 Å². The molecule has 3 aromatic rings. The number of nitro groups is 1. The Hall–Kier alpha value is -3.47. The van der Waals surface area contributed by atoms with Crippen molar-refractivity contribution < 1.29 is 14.1 Å². The summed E-state index contributed by atoms with van der Waals surface area (Å²) < 4.78 is 7.21. The zero-order valence-electron chi connectivity index (χ0n) is 14.8. The second-order valence-electron chi connectivity index (χ2n) is 5.46. The molecular formula is C17H16N6O4S. The van der Waals surface area contributed by atoms with E-state index in [2.05, 4.69) is 20.7 Å². The summed E-state index contributed by atoms with van der Waals surface area (Å²) in [6.45, 7) is 2.58. The van der Waals surface area contributed by atoms with Gasteiger partial charge in [0.2, 0.25) is 0 Å². The van der Waals surface area contributed by atoms with E-state index in [4.69, 9.17) is 4.42 Å². The molecule has 11 heteroatoms. The Labute approximate surface area is 163 Å². The number of furan rings is 1. The highest BCUT2D eigenvalue weighted by Crippen LogP contribution is 2.24. The van der Waals surface area contributed by atoms with Crippen LogP contribution in [0.4, 0.5) is 5.69 Å². The number of nitrogens with one attached hydrogen (secondary N) is 1. The molecule has 0 spiro atoms. The summed E-state index contributed by atoms with van der Waals surface area (Å²) in [4.78, 5) is 22.1. The summed E-state index contributed by atoms with van der Waals surface area (Å²) in [5, 5.41) is 23.3. The van der Waals surface area contributed by atoms with E-state index in [0.717, 1.165) is 0 Å². The van der Waals surface area contributed by atoms with Crippen molar-refractivity contribution in [3.8, 4) is 11.6 Å². The second-order valence-corrected chi connectivity index (χ2v) is 6.40. The Bertz CT molecular complexity index is 982. The maximum Gasteiger partial charge on any atom is 0.269 e. The summed E-state index contributed by atoms with van der Waals surface area (Å²) in [5.74, 6) is 1.01. The molecule has 1 amide bonds. The van der Waals surface area contributed by atoms with E-state index in [9.17, 15) is 14.9 Å². The number of carbonyl (C=O) groups is 1. The third-order valence-electron chi connectivity index (χ3n) is 3.61. The SMILES string of the molecule is CCn1c(SCC(=O)N/N=C/c2ccc([N+](=O)[O-])cc2)nnc1-c1ccco1. The lowest BCUT2D eigenvalue weighted by Gasteiger charge is -2.05. The molecule has 28 heavy (non-hydrogen) atoms. The number of nitrogens with zero attached hydrogens (tertiary/aromatic N) is 5. The third-order valence-corrected chi connectivity index (χ3v) is 4.58. The number of hydrazone groups is 1. The van der Waals surface area contributed by atoms with Crippen LogP contribution in [0.25, 0.3) is 11.6 Å². The molecule has 0 aliphatic heterocycles.